The summed E-state index contributed by atoms with van der Waals surface area (Å²) in [6.07, 6.45) is 2.28. The molecule has 0 radical (unpaired) electrons. The van der Waals surface area contributed by atoms with Crippen LogP contribution in [-0.4, -0.2) is 31.8 Å². The summed E-state index contributed by atoms with van der Waals surface area (Å²) in [6.45, 7) is 6.24. The molecule has 0 aliphatic heterocycles. The van der Waals surface area contributed by atoms with Crippen LogP contribution in [0.1, 0.15) is 27.2 Å². The van der Waals surface area contributed by atoms with Gasteiger partial charge >= 0.3 is 5.69 Å². The van der Waals surface area contributed by atoms with Crippen molar-refractivity contribution >= 4 is 22.3 Å². The van der Waals surface area contributed by atoms with Crippen molar-refractivity contribution in [1.82, 2.24) is 9.55 Å². The first kappa shape index (κ1) is 17.5. The lowest BCUT2D eigenvalue weighted by molar-refractivity contribution is 0.508. The van der Waals surface area contributed by atoms with E-state index in [9.17, 15) is 13.8 Å². The Morgan fingerprint density at radius 3 is 2.48 bits per heavy atom. The number of nitrogen functional groups attached to an aromatic ring is 1. The summed E-state index contributed by atoms with van der Waals surface area (Å²) >= 11 is 0. The largest absolute Gasteiger partial charge is 0.383 e. The predicted molar refractivity (Wildman–Crippen MR) is 87.2 cm³/mol. The van der Waals surface area contributed by atoms with Crippen LogP contribution in [0.25, 0.3) is 0 Å². The van der Waals surface area contributed by atoms with Crippen LogP contribution >= 0.6 is 0 Å². The molecule has 0 saturated carbocycles. The average Bonchev–Trinajstić information content (AvgIpc) is 2.37. The first-order valence-corrected chi connectivity index (χ1v) is 8.64. The van der Waals surface area contributed by atoms with E-state index in [1.807, 2.05) is 20.8 Å². The summed E-state index contributed by atoms with van der Waals surface area (Å²) in [4.78, 5) is 26.0. The summed E-state index contributed by atoms with van der Waals surface area (Å²) in [5, 5.41) is 3.01. The molecule has 4 N–H and O–H groups in total. The number of H-pyrrole nitrogens is 1. The molecule has 0 amide bonds. The van der Waals surface area contributed by atoms with Gasteiger partial charge in [-0.2, -0.15) is 0 Å². The normalized spacial score (nSPS) is 14.1. The van der Waals surface area contributed by atoms with E-state index in [1.54, 1.807) is 6.26 Å². The van der Waals surface area contributed by atoms with Gasteiger partial charge < -0.3 is 11.1 Å². The molecule has 1 aromatic rings. The second kappa shape index (κ2) is 7.44. The number of hydrogen-bond acceptors (Lipinski definition) is 5. The Hall–Kier alpha value is -1.57. The smallest absolute Gasteiger partial charge is 0.330 e. The minimum atomic E-state index is -0.883. The van der Waals surface area contributed by atoms with E-state index >= 15 is 0 Å². The topological polar surface area (TPSA) is 110 Å². The molecule has 2 unspecified atom stereocenters. The second-order valence-electron chi connectivity index (χ2n) is 5.64. The number of hydrogen-bond donors (Lipinski definition) is 3. The minimum absolute atomic E-state index is 0.0673. The molecule has 0 aliphatic rings. The van der Waals surface area contributed by atoms with E-state index in [-0.39, 0.29) is 23.5 Å². The highest BCUT2D eigenvalue weighted by Crippen LogP contribution is 2.14. The molecule has 0 spiro atoms. The van der Waals surface area contributed by atoms with Crippen LogP contribution in [0.5, 0.6) is 0 Å². The third kappa shape index (κ3) is 5.04. The molecular weight excluding hydrogens is 292 g/mol. The highest BCUT2D eigenvalue weighted by Gasteiger charge is 2.15. The van der Waals surface area contributed by atoms with Crippen LogP contribution in [0.4, 0.5) is 11.5 Å². The van der Waals surface area contributed by atoms with Gasteiger partial charge in [0.05, 0.1) is 0 Å². The van der Waals surface area contributed by atoms with Crippen molar-refractivity contribution in [3.63, 3.8) is 0 Å². The van der Waals surface area contributed by atoms with Gasteiger partial charge in [0.2, 0.25) is 0 Å². The van der Waals surface area contributed by atoms with E-state index in [0.29, 0.717) is 18.7 Å². The number of nitrogens with zero attached hydrogens (tertiary/aromatic N) is 1. The van der Waals surface area contributed by atoms with Crippen molar-refractivity contribution in [1.29, 1.82) is 0 Å². The Balaban J connectivity index is 3.04. The first-order chi connectivity index (χ1) is 9.72. The van der Waals surface area contributed by atoms with Crippen LogP contribution in [0, 0.1) is 5.92 Å². The van der Waals surface area contributed by atoms with Crippen LogP contribution in [0.2, 0.25) is 0 Å². The van der Waals surface area contributed by atoms with Gasteiger partial charge in [-0.1, -0.05) is 13.8 Å². The zero-order valence-corrected chi connectivity index (χ0v) is 13.8. The molecule has 2 atom stereocenters. The molecule has 21 heavy (non-hydrogen) atoms. The molecule has 1 heterocycles. The molecule has 7 nitrogen and oxygen atoms in total. The van der Waals surface area contributed by atoms with Gasteiger partial charge in [-0.05, 0) is 19.3 Å². The molecule has 120 valence electrons. The van der Waals surface area contributed by atoms with Gasteiger partial charge in [-0.3, -0.25) is 18.6 Å². The van der Waals surface area contributed by atoms with E-state index in [1.165, 1.54) is 4.57 Å². The second-order valence-corrected chi connectivity index (χ2v) is 7.19. The molecule has 1 rings (SSSR count). The van der Waals surface area contributed by atoms with E-state index < -0.39 is 22.0 Å². The Morgan fingerprint density at radius 1 is 1.33 bits per heavy atom. The molecule has 0 aliphatic carbocycles. The lowest BCUT2D eigenvalue weighted by Crippen LogP contribution is -2.36. The fraction of sp³-hybridized carbons (Fsp3) is 0.692. The van der Waals surface area contributed by atoms with Crippen LogP contribution in [0.3, 0.4) is 0 Å². The van der Waals surface area contributed by atoms with Gasteiger partial charge in [0.1, 0.15) is 11.5 Å². The van der Waals surface area contributed by atoms with Crippen molar-refractivity contribution < 1.29 is 4.21 Å². The maximum absolute atomic E-state index is 11.9. The Morgan fingerprint density at radius 2 is 1.95 bits per heavy atom. The minimum Gasteiger partial charge on any atom is -0.383 e. The zero-order chi connectivity index (χ0) is 16.2. The Bertz CT molecular complexity index is 621. The number of nitrogens with one attached hydrogen (secondary N) is 2. The van der Waals surface area contributed by atoms with Crippen LogP contribution in [-0.2, 0) is 17.3 Å². The molecule has 0 fully saturated rings. The first-order valence-electron chi connectivity index (χ1n) is 6.91. The summed E-state index contributed by atoms with van der Waals surface area (Å²) < 4.78 is 12.5. The van der Waals surface area contributed by atoms with Gasteiger partial charge in [-0.15, -0.1) is 0 Å². The number of anilines is 2. The van der Waals surface area contributed by atoms with E-state index in [0.717, 1.165) is 0 Å². The number of aromatic nitrogens is 2. The van der Waals surface area contributed by atoms with Crippen LogP contribution in [0.15, 0.2) is 9.59 Å². The highest BCUT2D eigenvalue weighted by molar-refractivity contribution is 7.84. The number of aromatic amines is 1. The summed E-state index contributed by atoms with van der Waals surface area (Å²) in [5.74, 6) is 0.906. The van der Waals surface area contributed by atoms with Crippen molar-refractivity contribution in [3.05, 3.63) is 20.8 Å². The maximum Gasteiger partial charge on any atom is 0.330 e. The summed E-state index contributed by atoms with van der Waals surface area (Å²) in [6, 6.07) is -0.0673. The van der Waals surface area contributed by atoms with Crippen molar-refractivity contribution in [2.75, 3.05) is 23.1 Å². The highest BCUT2D eigenvalue weighted by atomic mass is 32.2. The zero-order valence-electron chi connectivity index (χ0n) is 12.9. The lowest BCUT2D eigenvalue weighted by Gasteiger charge is -2.18. The fourth-order valence-electron chi connectivity index (χ4n) is 1.93. The van der Waals surface area contributed by atoms with Gasteiger partial charge in [0.15, 0.2) is 0 Å². The SMILES string of the molecule is CC(C)Cn1c(N)c(NC(C)CCS(C)=O)c(=O)[nH]c1=O. The van der Waals surface area contributed by atoms with Crippen LogP contribution < -0.4 is 22.3 Å². The molecule has 0 aromatic carbocycles. The van der Waals surface area contributed by atoms with E-state index in [4.69, 9.17) is 5.73 Å². The standard InChI is InChI=1S/C13H24N4O3S/c1-8(2)7-17-11(14)10(12(18)16-13(17)19)15-9(3)5-6-21(4)20/h8-9,15H,5-7,14H2,1-4H3,(H,16,18,19). The third-order valence-electron chi connectivity index (χ3n) is 3.02. The van der Waals surface area contributed by atoms with Gasteiger partial charge in [0.25, 0.3) is 5.56 Å². The molecule has 0 saturated heterocycles. The molecule has 8 heteroatoms. The van der Waals surface area contributed by atoms with E-state index in [2.05, 4.69) is 10.3 Å². The summed E-state index contributed by atoms with van der Waals surface area (Å²) in [5.41, 5.74) is 5.13. The summed E-state index contributed by atoms with van der Waals surface area (Å²) in [7, 11) is -0.883. The van der Waals surface area contributed by atoms with Gasteiger partial charge in [0, 0.05) is 35.4 Å². The Kier molecular flexibility index (Phi) is 6.19. The average molecular weight is 316 g/mol. The predicted octanol–water partition coefficient (Wildman–Crippen LogP) is 0.344. The molecular formula is C13H24N4O3S. The Labute approximate surface area is 126 Å². The van der Waals surface area contributed by atoms with Crippen molar-refractivity contribution in [2.45, 2.75) is 39.8 Å². The fourth-order valence-corrected chi connectivity index (χ4v) is 2.62. The molecule has 1 aromatic heterocycles. The van der Waals surface area contributed by atoms with Crippen molar-refractivity contribution in [2.24, 2.45) is 5.92 Å². The lowest BCUT2D eigenvalue weighted by atomic mass is 10.2. The maximum atomic E-state index is 11.9. The molecule has 0 bridgehead atoms. The quantitative estimate of drug-likeness (QED) is 0.672. The number of rotatable bonds is 7. The monoisotopic (exact) mass is 316 g/mol. The van der Waals surface area contributed by atoms with Gasteiger partial charge in [-0.25, -0.2) is 4.79 Å². The number of nitrogens with two attached hydrogens (primary N) is 1. The van der Waals surface area contributed by atoms with Crippen molar-refractivity contribution in [3.8, 4) is 0 Å². The third-order valence-corrected chi connectivity index (χ3v) is 3.83.